The van der Waals surface area contributed by atoms with Gasteiger partial charge >= 0.3 is 0 Å². The van der Waals surface area contributed by atoms with Crippen molar-refractivity contribution in [3.63, 3.8) is 0 Å². The Balaban J connectivity index is 1.65. The number of nitrogens with one attached hydrogen (secondary N) is 1. The maximum absolute atomic E-state index is 6.14. The van der Waals surface area contributed by atoms with Crippen molar-refractivity contribution in [2.45, 2.75) is 26.6 Å². The summed E-state index contributed by atoms with van der Waals surface area (Å²) in [4.78, 5) is 0. The molecule has 3 rings (SSSR count). The van der Waals surface area contributed by atoms with Gasteiger partial charge in [0.05, 0.1) is 12.8 Å². The van der Waals surface area contributed by atoms with Crippen LogP contribution in [0.4, 0.5) is 0 Å². The molecule has 0 saturated carbocycles. The van der Waals surface area contributed by atoms with E-state index in [0.29, 0.717) is 24.7 Å². The summed E-state index contributed by atoms with van der Waals surface area (Å²) in [5, 5.41) is 4.05. The highest BCUT2D eigenvalue weighted by atomic mass is 35.5. The summed E-state index contributed by atoms with van der Waals surface area (Å²) in [7, 11) is 0. The van der Waals surface area contributed by atoms with Gasteiger partial charge < -0.3 is 14.5 Å². The van der Waals surface area contributed by atoms with Gasteiger partial charge in [0.15, 0.2) is 0 Å². The molecule has 2 aromatic carbocycles. The summed E-state index contributed by atoms with van der Waals surface area (Å²) in [6, 6.07) is 17.8. The maximum Gasteiger partial charge on any atom is 0.124 e. The van der Waals surface area contributed by atoms with Crippen LogP contribution in [-0.2, 0) is 19.7 Å². The largest absolute Gasteiger partial charge is 0.489 e. The quantitative estimate of drug-likeness (QED) is 0.648. The maximum atomic E-state index is 6.14. The van der Waals surface area contributed by atoms with Crippen molar-refractivity contribution < 1.29 is 9.15 Å². The van der Waals surface area contributed by atoms with Crippen molar-refractivity contribution in [1.82, 2.24) is 5.32 Å². The van der Waals surface area contributed by atoms with E-state index in [1.165, 1.54) is 11.1 Å². The molecule has 0 aliphatic carbocycles. The first kappa shape index (κ1) is 16.6. The zero-order chi connectivity index (χ0) is 16.8. The fourth-order valence-corrected chi connectivity index (χ4v) is 2.68. The molecule has 0 radical (unpaired) electrons. The molecule has 3 nitrogen and oxygen atoms in total. The topological polar surface area (TPSA) is 34.4 Å². The molecule has 0 aliphatic heterocycles. The van der Waals surface area contributed by atoms with E-state index < -0.39 is 0 Å². The van der Waals surface area contributed by atoms with Gasteiger partial charge in [0.1, 0.15) is 18.1 Å². The molecule has 1 N–H and O–H groups in total. The second kappa shape index (κ2) is 8.04. The Morgan fingerprint density at radius 2 is 1.88 bits per heavy atom. The van der Waals surface area contributed by atoms with Gasteiger partial charge in [-0.15, -0.1) is 0 Å². The van der Waals surface area contributed by atoms with Crippen LogP contribution in [0.2, 0.25) is 5.02 Å². The molecule has 0 unspecified atom stereocenters. The molecule has 0 atom stereocenters. The van der Waals surface area contributed by atoms with Gasteiger partial charge in [-0.25, -0.2) is 0 Å². The van der Waals surface area contributed by atoms with Crippen molar-refractivity contribution in [3.8, 4) is 5.75 Å². The van der Waals surface area contributed by atoms with E-state index in [-0.39, 0.29) is 0 Å². The molecular weight excluding hydrogens is 322 g/mol. The third kappa shape index (κ3) is 4.40. The molecule has 0 bridgehead atoms. The first-order valence-electron chi connectivity index (χ1n) is 7.91. The summed E-state index contributed by atoms with van der Waals surface area (Å²) in [6.07, 6.45) is 1.67. The number of furan rings is 1. The molecule has 124 valence electrons. The smallest absolute Gasteiger partial charge is 0.124 e. The van der Waals surface area contributed by atoms with Crippen LogP contribution in [0.3, 0.4) is 0 Å². The zero-order valence-electron chi connectivity index (χ0n) is 13.6. The standard InChI is InChI=1S/C20H20ClNO2/c1-15-5-2-3-6-16(15)14-24-20-9-8-18(21)11-17(20)12-22-13-19-7-4-10-23-19/h2-11,22H,12-14H2,1H3. The van der Waals surface area contributed by atoms with Crippen LogP contribution < -0.4 is 10.1 Å². The zero-order valence-corrected chi connectivity index (χ0v) is 14.3. The molecule has 0 fully saturated rings. The number of ether oxygens (including phenoxy) is 1. The Morgan fingerprint density at radius 3 is 2.67 bits per heavy atom. The second-order valence-electron chi connectivity index (χ2n) is 5.65. The van der Waals surface area contributed by atoms with E-state index in [9.17, 15) is 0 Å². The lowest BCUT2D eigenvalue weighted by Gasteiger charge is -2.13. The van der Waals surface area contributed by atoms with Crippen molar-refractivity contribution in [3.05, 3.63) is 88.3 Å². The highest BCUT2D eigenvalue weighted by molar-refractivity contribution is 6.30. The number of hydrogen-bond acceptors (Lipinski definition) is 3. The minimum absolute atomic E-state index is 0.541. The number of halogens is 1. The number of benzene rings is 2. The lowest BCUT2D eigenvalue weighted by atomic mass is 10.1. The number of rotatable bonds is 7. The second-order valence-corrected chi connectivity index (χ2v) is 6.09. The van der Waals surface area contributed by atoms with Crippen LogP contribution in [0.15, 0.2) is 65.3 Å². The average molecular weight is 342 g/mol. The van der Waals surface area contributed by atoms with E-state index in [1.807, 2.05) is 42.5 Å². The fraction of sp³-hybridized carbons (Fsp3) is 0.200. The van der Waals surface area contributed by atoms with Crippen molar-refractivity contribution in [1.29, 1.82) is 0 Å². The van der Waals surface area contributed by atoms with Crippen LogP contribution in [0.25, 0.3) is 0 Å². The normalized spacial score (nSPS) is 10.8. The molecule has 4 heteroatoms. The Hall–Kier alpha value is -2.23. The molecule has 3 aromatic rings. The Bertz CT molecular complexity index is 784. The van der Waals surface area contributed by atoms with Crippen LogP contribution in [0, 0.1) is 6.92 Å². The number of aryl methyl sites for hydroxylation is 1. The molecule has 1 heterocycles. The SMILES string of the molecule is Cc1ccccc1COc1ccc(Cl)cc1CNCc1ccco1. The van der Waals surface area contributed by atoms with E-state index in [4.69, 9.17) is 20.8 Å². The Kier molecular flexibility index (Phi) is 5.57. The summed E-state index contributed by atoms with van der Waals surface area (Å²) >= 11 is 6.14. The fourth-order valence-electron chi connectivity index (χ4n) is 2.49. The monoisotopic (exact) mass is 341 g/mol. The van der Waals surface area contributed by atoms with E-state index in [1.54, 1.807) is 6.26 Å². The van der Waals surface area contributed by atoms with Crippen LogP contribution in [0.1, 0.15) is 22.5 Å². The Labute approximate surface area is 147 Å². The van der Waals surface area contributed by atoms with Gasteiger partial charge in [0, 0.05) is 17.1 Å². The first-order chi connectivity index (χ1) is 11.7. The van der Waals surface area contributed by atoms with Gasteiger partial charge in [-0.05, 0) is 48.4 Å². The minimum Gasteiger partial charge on any atom is -0.489 e. The molecule has 1 aromatic heterocycles. The molecular formula is C20H20ClNO2. The van der Waals surface area contributed by atoms with Gasteiger partial charge in [0.25, 0.3) is 0 Å². The molecule has 0 aliphatic rings. The predicted octanol–water partition coefficient (Wildman–Crippen LogP) is 5.11. The molecule has 0 saturated heterocycles. The predicted molar refractivity (Wildman–Crippen MR) is 96.2 cm³/mol. The average Bonchev–Trinajstić information content (AvgIpc) is 3.09. The molecule has 24 heavy (non-hydrogen) atoms. The van der Waals surface area contributed by atoms with Crippen LogP contribution >= 0.6 is 11.6 Å². The van der Waals surface area contributed by atoms with Crippen LogP contribution in [0.5, 0.6) is 5.75 Å². The van der Waals surface area contributed by atoms with Gasteiger partial charge in [-0.3, -0.25) is 0 Å². The minimum atomic E-state index is 0.541. The lowest BCUT2D eigenvalue weighted by Crippen LogP contribution is -2.13. The third-order valence-corrected chi connectivity index (χ3v) is 4.10. The van der Waals surface area contributed by atoms with Gasteiger partial charge in [0.2, 0.25) is 0 Å². The summed E-state index contributed by atoms with van der Waals surface area (Å²) < 4.78 is 11.3. The summed E-state index contributed by atoms with van der Waals surface area (Å²) in [6.45, 7) is 3.95. The summed E-state index contributed by atoms with van der Waals surface area (Å²) in [5.74, 6) is 1.74. The highest BCUT2D eigenvalue weighted by Crippen LogP contribution is 2.24. The van der Waals surface area contributed by atoms with Gasteiger partial charge in [-0.1, -0.05) is 35.9 Å². The number of hydrogen-bond donors (Lipinski definition) is 1. The van der Waals surface area contributed by atoms with E-state index >= 15 is 0 Å². The Morgan fingerprint density at radius 1 is 1.00 bits per heavy atom. The molecule has 0 amide bonds. The molecule has 0 spiro atoms. The van der Waals surface area contributed by atoms with Crippen molar-refractivity contribution in [2.75, 3.05) is 0 Å². The van der Waals surface area contributed by atoms with Gasteiger partial charge in [-0.2, -0.15) is 0 Å². The first-order valence-corrected chi connectivity index (χ1v) is 8.29. The van der Waals surface area contributed by atoms with E-state index in [2.05, 4.69) is 24.4 Å². The lowest BCUT2D eigenvalue weighted by molar-refractivity contribution is 0.301. The van der Waals surface area contributed by atoms with Crippen molar-refractivity contribution >= 4 is 11.6 Å². The van der Waals surface area contributed by atoms with Crippen molar-refractivity contribution in [2.24, 2.45) is 0 Å². The third-order valence-electron chi connectivity index (χ3n) is 3.86. The van der Waals surface area contributed by atoms with E-state index in [0.717, 1.165) is 17.1 Å². The van der Waals surface area contributed by atoms with Crippen LogP contribution in [-0.4, -0.2) is 0 Å². The summed E-state index contributed by atoms with van der Waals surface area (Å²) in [5.41, 5.74) is 3.44. The highest BCUT2D eigenvalue weighted by Gasteiger charge is 2.07.